The number of aromatic nitrogens is 5. The molecule has 0 saturated carbocycles. The molecule has 0 aliphatic heterocycles. The summed E-state index contributed by atoms with van der Waals surface area (Å²) in [5.41, 5.74) is 1.73. The van der Waals surface area contributed by atoms with Crippen molar-refractivity contribution in [3.05, 3.63) is 42.0 Å². The van der Waals surface area contributed by atoms with Gasteiger partial charge in [0.05, 0.1) is 13.2 Å². The Morgan fingerprint density at radius 3 is 2.78 bits per heavy atom. The van der Waals surface area contributed by atoms with Crippen molar-refractivity contribution in [3.8, 4) is 5.75 Å². The number of hydrogen-bond donors (Lipinski definition) is 1. The van der Waals surface area contributed by atoms with E-state index < -0.39 is 0 Å². The van der Waals surface area contributed by atoms with Gasteiger partial charge in [-0.1, -0.05) is 32.0 Å². The van der Waals surface area contributed by atoms with Gasteiger partial charge in [0, 0.05) is 5.56 Å². The van der Waals surface area contributed by atoms with Gasteiger partial charge in [0.15, 0.2) is 5.65 Å². The Bertz CT molecular complexity index is 785. The molecular formula is C16H20N6O. The SMILES string of the molecule is COc1ccccc1C(CC(C)C)Nc1ccc2nnnn2n1. The number of nitrogens with zero attached hydrogens (tertiary/aromatic N) is 5. The summed E-state index contributed by atoms with van der Waals surface area (Å²) in [6, 6.07) is 11.9. The Labute approximate surface area is 134 Å². The zero-order valence-electron chi connectivity index (χ0n) is 13.5. The largest absolute Gasteiger partial charge is 0.496 e. The first-order valence-corrected chi connectivity index (χ1v) is 7.62. The Balaban J connectivity index is 1.92. The molecule has 0 fully saturated rings. The monoisotopic (exact) mass is 312 g/mol. The molecule has 0 spiro atoms. The number of rotatable bonds is 6. The van der Waals surface area contributed by atoms with Crippen LogP contribution in [0, 0.1) is 5.92 Å². The molecule has 23 heavy (non-hydrogen) atoms. The van der Waals surface area contributed by atoms with Crippen molar-refractivity contribution >= 4 is 11.5 Å². The van der Waals surface area contributed by atoms with E-state index in [1.54, 1.807) is 7.11 Å². The summed E-state index contributed by atoms with van der Waals surface area (Å²) in [7, 11) is 1.69. The van der Waals surface area contributed by atoms with Crippen molar-refractivity contribution in [2.24, 2.45) is 5.92 Å². The van der Waals surface area contributed by atoms with Gasteiger partial charge >= 0.3 is 0 Å². The van der Waals surface area contributed by atoms with Crippen LogP contribution >= 0.6 is 0 Å². The predicted molar refractivity (Wildman–Crippen MR) is 87.4 cm³/mol. The average Bonchev–Trinajstić information content (AvgIpc) is 3.01. The molecule has 1 unspecified atom stereocenters. The highest BCUT2D eigenvalue weighted by Crippen LogP contribution is 2.31. The molecule has 1 atom stereocenters. The highest BCUT2D eigenvalue weighted by Gasteiger charge is 2.18. The van der Waals surface area contributed by atoms with E-state index in [2.05, 4.69) is 45.9 Å². The minimum atomic E-state index is 0.0904. The first kappa shape index (κ1) is 15.2. The molecule has 0 bridgehead atoms. The van der Waals surface area contributed by atoms with Crippen LogP contribution in [-0.2, 0) is 0 Å². The lowest BCUT2D eigenvalue weighted by Gasteiger charge is -2.23. The summed E-state index contributed by atoms with van der Waals surface area (Å²) in [5.74, 6) is 2.12. The molecule has 0 amide bonds. The van der Waals surface area contributed by atoms with Gasteiger partial charge < -0.3 is 10.1 Å². The second-order valence-electron chi connectivity index (χ2n) is 5.81. The Morgan fingerprint density at radius 2 is 2.00 bits per heavy atom. The molecule has 7 nitrogen and oxygen atoms in total. The van der Waals surface area contributed by atoms with Gasteiger partial charge in [-0.25, -0.2) is 0 Å². The second-order valence-corrected chi connectivity index (χ2v) is 5.81. The number of ether oxygens (including phenoxy) is 1. The van der Waals surface area contributed by atoms with Crippen LogP contribution in [0.25, 0.3) is 5.65 Å². The fraction of sp³-hybridized carbons (Fsp3) is 0.375. The molecule has 3 aromatic rings. The minimum Gasteiger partial charge on any atom is -0.496 e. The zero-order valence-corrected chi connectivity index (χ0v) is 13.5. The molecule has 1 aromatic carbocycles. The molecule has 0 aliphatic carbocycles. The number of methoxy groups -OCH3 is 1. The van der Waals surface area contributed by atoms with Crippen LogP contribution in [0.3, 0.4) is 0 Å². The van der Waals surface area contributed by atoms with E-state index in [4.69, 9.17) is 4.74 Å². The third-order valence-electron chi connectivity index (χ3n) is 3.61. The van der Waals surface area contributed by atoms with E-state index in [0.717, 1.165) is 23.6 Å². The maximum atomic E-state index is 5.51. The topological polar surface area (TPSA) is 77.2 Å². The number of nitrogens with one attached hydrogen (secondary N) is 1. The molecule has 7 heteroatoms. The number of benzene rings is 1. The van der Waals surface area contributed by atoms with Gasteiger partial charge in [-0.05, 0) is 41.0 Å². The highest BCUT2D eigenvalue weighted by atomic mass is 16.5. The van der Waals surface area contributed by atoms with Gasteiger partial charge in [-0.2, -0.15) is 0 Å². The van der Waals surface area contributed by atoms with Crippen LogP contribution in [-0.4, -0.2) is 32.4 Å². The average molecular weight is 312 g/mol. The number of hydrogen-bond acceptors (Lipinski definition) is 6. The van der Waals surface area contributed by atoms with Crippen molar-refractivity contribution in [1.82, 2.24) is 25.3 Å². The van der Waals surface area contributed by atoms with Gasteiger partial charge in [-0.3, -0.25) is 0 Å². The Hall–Kier alpha value is -2.70. The third kappa shape index (κ3) is 3.39. The quantitative estimate of drug-likeness (QED) is 0.754. The first-order valence-electron chi connectivity index (χ1n) is 7.62. The fourth-order valence-electron chi connectivity index (χ4n) is 2.59. The lowest BCUT2D eigenvalue weighted by atomic mass is 9.96. The van der Waals surface area contributed by atoms with Crippen molar-refractivity contribution in [3.63, 3.8) is 0 Å². The van der Waals surface area contributed by atoms with E-state index in [-0.39, 0.29) is 6.04 Å². The lowest BCUT2D eigenvalue weighted by molar-refractivity contribution is 0.402. The molecule has 0 radical (unpaired) electrons. The van der Waals surface area contributed by atoms with Crippen LogP contribution in [0.15, 0.2) is 36.4 Å². The van der Waals surface area contributed by atoms with E-state index in [1.165, 1.54) is 4.63 Å². The van der Waals surface area contributed by atoms with Crippen LogP contribution in [0.4, 0.5) is 5.82 Å². The number of tetrazole rings is 1. The zero-order chi connectivity index (χ0) is 16.2. The summed E-state index contributed by atoms with van der Waals surface area (Å²) in [6.07, 6.45) is 0.954. The van der Waals surface area contributed by atoms with E-state index in [1.807, 2.05) is 30.3 Å². The summed E-state index contributed by atoms with van der Waals surface area (Å²) >= 11 is 0. The number of anilines is 1. The minimum absolute atomic E-state index is 0.0904. The number of fused-ring (bicyclic) bond motifs is 1. The number of para-hydroxylation sites is 1. The smallest absolute Gasteiger partial charge is 0.200 e. The Morgan fingerprint density at radius 1 is 1.17 bits per heavy atom. The van der Waals surface area contributed by atoms with Crippen LogP contribution in [0.1, 0.15) is 31.9 Å². The molecular weight excluding hydrogens is 292 g/mol. The third-order valence-corrected chi connectivity index (χ3v) is 3.61. The molecule has 0 saturated heterocycles. The highest BCUT2D eigenvalue weighted by molar-refractivity contribution is 5.46. The Kier molecular flexibility index (Phi) is 4.36. The van der Waals surface area contributed by atoms with Crippen molar-refractivity contribution in [2.45, 2.75) is 26.3 Å². The summed E-state index contributed by atoms with van der Waals surface area (Å²) in [4.78, 5) is 0. The van der Waals surface area contributed by atoms with Gasteiger partial charge in [0.1, 0.15) is 11.6 Å². The maximum Gasteiger partial charge on any atom is 0.200 e. The predicted octanol–water partition coefficient (Wildman–Crippen LogP) is 2.73. The second kappa shape index (κ2) is 6.60. The van der Waals surface area contributed by atoms with Crippen molar-refractivity contribution in [2.75, 3.05) is 12.4 Å². The lowest BCUT2D eigenvalue weighted by Crippen LogP contribution is -2.16. The van der Waals surface area contributed by atoms with E-state index in [0.29, 0.717) is 11.6 Å². The first-order chi connectivity index (χ1) is 11.2. The van der Waals surface area contributed by atoms with Gasteiger partial charge in [0.2, 0.25) is 0 Å². The summed E-state index contributed by atoms with van der Waals surface area (Å²) < 4.78 is 6.92. The summed E-state index contributed by atoms with van der Waals surface area (Å²) in [6.45, 7) is 4.39. The van der Waals surface area contributed by atoms with Gasteiger partial charge in [-0.15, -0.1) is 14.8 Å². The normalized spacial score (nSPS) is 12.5. The molecule has 0 aliphatic rings. The molecule has 2 heterocycles. The maximum absolute atomic E-state index is 5.51. The fourth-order valence-corrected chi connectivity index (χ4v) is 2.59. The molecule has 3 rings (SSSR count). The standard InChI is InChI=1S/C16H20N6O/c1-11(2)10-13(12-6-4-5-7-14(12)23-3)17-15-8-9-16-18-20-21-22(16)19-15/h4-9,11,13H,10H2,1-3H3,(H,17,19). The van der Waals surface area contributed by atoms with Crippen LogP contribution < -0.4 is 10.1 Å². The summed E-state index contributed by atoms with van der Waals surface area (Å²) in [5, 5.41) is 19.2. The van der Waals surface area contributed by atoms with Crippen LogP contribution in [0.2, 0.25) is 0 Å². The van der Waals surface area contributed by atoms with Crippen LogP contribution in [0.5, 0.6) is 5.75 Å². The van der Waals surface area contributed by atoms with Crippen molar-refractivity contribution < 1.29 is 4.74 Å². The molecule has 1 N–H and O–H groups in total. The van der Waals surface area contributed by atoms with Gasteiger partial charge in [0.25, 0.3) is 0 Å². The molecule has 2 aromatic heterocycles. The molecule has 120 valence electrons. The van der Waals surface area contributed by atoms with E-state index in [9.17, 15) is 0 Å². The van der Waals surface area contributed by atoms with E-state index >= 15 is 0 Å². The van der Waals surface area contributed by atoms with Crippen molar-refractivity contribution in [1.29, 1.82) is 0 Å².